The Morgan fingerprint density at radius 2 is 1.76 bits per heavy atom. The number of ether oxygens (including phenoxy) is 1. The second-order valence-corrected chi connectivity index (χ2v) is 4.70. The topological polar surface area (TPSA) is 95.4 Å². The molecule has 0 aromatic heterocycles. The zero-order chi connectivity index (χ0) is 13.4. The van der Waals surface area contributed by atoms with Gasteiger partial charge in [-0.05, 0) is 12.3 Å². The predicted octanol–water partition coefficient (Wildman–Crippen LogP) is 0.600. The molecule has 17 heavy (non-hydrogen) atoms. The number of esters is 1. The second-order valence-electron chi connectivity index (χ2n) is 4.70. The molecule has 0 heterocycles. The molecule has 5 heteroatoms. The van der Waals surface area contributed by atoms with Crippen molar-refractivity contribution >= 4 is 11.8 Å². The summed E-state index contributed by atoms with van der Waals surface area (Å²) in [7, 11) is 0. The van der Waals surface area contributed by atoms with Crippen molar-refractivity contribution in [2.45, 2.75) is 52.1 Å². The lowest BCUT2D eigenvalue weighted by Crippen LogP contribution is -2.40. The highest BCUT2D eigenvalue weighted by molar-refractivity contribution is 5.89. The third kappa shape index (κ3) is 7.07. The van der Waals surface area contributed by atoms with E-state index in [4.69, 9.17) is 16.2 Å². The van der Waals surface area contributed by atoms with E-state index < -0.39 is 18.1 Å². The number of hydrogen-bond acceptors (Lipinski definition) is 5. The molecule has 0 radical (unpaired) electrons. The van der Waals surface area contributed by atoms with Gasteiger partial charge >= 0.3 is 5.97 Å². The number of hydrogen-bond donors (Lipinski definition) is 2. The molecule has 0 rings (SSSR count). The van der Waals surface area contributed by atoms with Gasteiger partial charge in [0, 0.05) is 6.42 Å². The number of carbonyl (C=O) groups excluding carboxylic acids is 2. The number of nitrogens with two attached hydrogens (primary N) is 2. The fourth-order valence-electron chi connectivity index (χ4n) is 1.28. The van der Waals surface area contributed by atoms with Crippen LogP contribution in [-0.2, 0) is 14.3 Å². The van der Waals surface area contributed by atoms with Gasteiger partial charge in [-0.15, -0.1) is 0 Å². The van der Waals surface area contributed by atoms with E-state index in [9.17, 15) is 9.59 Å². The van der Waals surface area contributed by atoms with Crippen LogP contribution in [0, 0.1) is 5.92 Å². The van der Waals surface area contributed by atoms with Crippen LogP contribution in [0.1, 0.15) is 40.0 Å². The van der Waals surface area contributed by atoms with Crippen LogP contribution in [0.5, 0.6) is 0 Å². The number of ketones is 1. The number of Topliss-reactive ketones (excluding diaryl/α,β-unsaturated/α-hetero) is 1. The van der Waals surface area contributed by atoms with E-state index in [1.165, 1.54) is 0 Å². The molecule has 0 fully saturated rings. The molecule has 5 nitrogen and oxygen atoms in total. The van der Waals surface area contributed by atoms with Crippen LogP contribution in [0.3, 0.4) is 0 Å². The average Bonchev–Trinajstić information content (AvgIpc) is 2.25. The summed E-state index contributed by atoms with van der Waals surface area (Å²) in [5, 5.41) is 0. The van der Waals surface area contributed by atoms with Crippen LogP contribution in [0.4, 0.5) is 0 Å². The Morgan fingerprint density at radius 3 is 2.24 bits per heavy atom. The fourth-order valence-corrected chi connectivity index (χ4v) is 1.28. The van der Waals surface area contributed by atoms with Crippen molar-refractivity contribution in [3.8, 4) is 0 Å². The van der Waals surface area contributed by atoms with E-state index in [-0.39, 0.29) is 18.1 Å². The van der Waals surface area contributed by atoms with Gasteiger partial charge in [0.25, 0.3) is 0 Å². The first-order chi connectivity index (χ1) is 7.88. The van der Waals surface area contributed by atoms with Gasteiger partial charge < -0.3 is 16.2 Å². The molecule has 0 aromatic carbocycles. The number of carbonyl (C=O) groups is 2. The first-order valence-corrected chi connectivity index (χ1v) is 6.09. The standard InChI is InChI=1S/C12H24N2O3/c1-4-5-9(13)11(15)6-10(14)12(16)17-7-8(2)3/h8-10H,4-7,13-14H2,1-3H3. The Kier molecular flexibility index (Phi) is 7.74. The van der Waals surface area contributed by atoms with Gasteiger partial charge in [-0.2, -0.15) is 0 Å². The molecule has 0 bridgehead atoms. The molecular formula is C12H24N2O3. The minimum Gasteiger partial charge on any atom is -0.464 e. The Hall–Kier alpha value is -0.940. The van der Waals surface area contributed by atoms with Crippen molar-refractivity contribution < 1.29 is 14.3 Å². The molecule has 100 valence electrons. The van der Waals surface area contributed by atoms with Gasteiger partial charge in [0.05, 0.1) is 12.6 Å². The molecule has 0 spiro atoms. The maximum atomic E-state index is 11.6. The van der Waals surface area contributed by atoms with Crippen LogP contribution in [0.15, 0.2) is 0 Å². The van der Waals surface area contributed by atoms with Gasteiger partial charge in [0.15, 0.2) is 5.78 Å². The zero-order valence-corrected chi connectivity index (χ0v) is 10.9. The summed E-state index contributed by atoms with van der Waals surface area (Å²) >= 11 is 0. The highest BCUT2D eigenvalue weighted by atomic mass is 16.5. The Morgan fingerprint density at radius 1 is 1.18 bits per heavy atom. The maximum Gasteiger partial charge on any atom is 0.323 e. The largest absolute Gasteiger partial charge is 0.464 e. The van der Waals surface area contributed by atoms with Crippen LogP contribution < -0.4 is 11.5 Å². The number of rotatable bonds is 8. The Balaban J connectivity index is 4.02. The van der Waals surface area contributed by atoms with Crippen LogP contribution in [0.25, 0.3) is 0 Å². The minimum atomic E-state index is -0.899. The summed E-state index contributed by atoms with van der Waals surface area (Å²) in [5.41, 5.74) is 11.2. The zero-order valence-electron chi connectivity index (χ0n) is 10.9. The van der Waals surface area contributed by atoms with Crippen molar-refractivity contribution in [2.75, 3.05) is 6.61 Å². The van der Waals surface area contributed by atoms with Crippen molar-refractivity contribution in [3.05, 3.63) is 0 Å². The molecule has 4 N–H and O–H groups in total. The molecular weight excluding hydrogens is 220 g/mol. The van der Waals surface area contributed by atoms with E-state index in [1.807, 2.05) is 20.8 Å². The quantitative estimate of drug-likeness (QED) is 0.610. The molecule has 0 aromatic rings. The molecule has 2 unspecified atom stereocenters. The van der Waals surface area contributed by atoms with E-state index >= 15 is 0 Å². The molecule has 0 aliphatic rings. The monoisotopic (exact) mass is 244 g/mol. The summed E-state index contributed by atoms with van der Waals surface area (Å²) in [6.07, 6.45) is 1.41. The third-order valence-corrected chi connectivity index (χ3v) is 2.30. The van der Waals surface area contributed by atoms with Crippen molar-refractivity contribution in [1.29, 1.82) is 0 Å². The van der Waals surface area contributed by atoms with E-state index in [1.54, 1.807) is 0 Å². The highest BCUT2D eigenvalue weighted by Crippen LogP contribution is 2.02. The van der Waals surface area contributed by atoms with Crippen LogP contribution in [-0.4, -0.2) is 30.4 Å². The molecule has 0 saturated heterocycles. The van der Waals surface area contributed by atoms with Crippen molar-refractivity contribution in [2.24, 2.45) is 17.4 Å². The van der Waals surface area contributed by atoms with Crippen LogP contribution in [0.2, 0.25) is 0 Å². The average molecular weight is 244 g/mol. The smallest absolute Gasteiger partial charge is 0.323 e. The second kappa shape index (κ2) is 8.20. The summed E-state index contributed by atoms with van der Waals surface area (Å²) in [6, 6.07) is -1.42. The normalized spacial score (nSPS) is 14.5. The third-order valence-electron chi connectivity index (χ3n) is 2.30. The van der Waals surface area contributed by atoms with Gasteiger partial charge in [-0.25, -0.2) is 0 Å². The van der Waals surface area contributed by atoms with E-state index in [2.05, 4.69) is 0 Å². The summed E-state index contributed by atoms with van der Waals surface area (Å²) < 4.78 is 4.95. The lowest BCUT2D eigenvalue weighted by molar-refractivity contribution is -0.147. The lowest BCUT2D eigenvalue weighted by Gasteiger charge is -2.14. The van der Waals surface area contributed by atoms with Crippen molar-refractivity contribution in [1.82, 2.24) is 0 Å². The summed E-state index contributed by atoms with van der Waals surface area (Å²) in [4.78, 5) is 23.0. The van der Waals surface area contributed by atoms with Gasteiger partial charge in [0.2, 0.25) is 0 Å². The molecule has 0 saturated carbocycles. The minimum absolute atomic E-state index is 0.0436. The lowest BCUT2D eigenvalue weighted by atomic mass is 10.0. The Bertz CT molecular complexity index is 254. The molecule has 0 aliphatic heterocycles. The highest BCUT2D eigenvalue weighted by Gasteiger charge is 2.22. The summed E-state index contributed by atoms with van der Waals surface area (Å²) in [5.74, 6) is -0.458. The SMILES string of the molecule is CCCC(N)C(=O)CC(N)C(=O)OCC(C)C. The van der Waals surface area contributed by atoms with Gasteiger partial charge in [-0.3, -0.25) is 9.59 Å². The van der Waals surface area contributed by atoms with Gasteiger partial charge in [-0.1, -0.05) is 27.2 Å². The van der Waals surface area contributed by atoms with Gasteiger partial charge in [0.1, 0.15) is 6.04 Å². The molecule has 2 atom stereocenters. The van der Waals surface area contributed by atoms with E-state index in [0.717, 1.165) is 6.42 Å². The van der Waals surface area contributed by atoms with Crippen LogP contribution >= 0.6 is 0 Å². The summed E-state index contributed by atoms with van der Waals surface area (Å²) in [6.45, 7) is 6.13. The van der Waals surface area contributed by atoms with E-state index in [0.29, 0.717) is 13.0 Å². The fraction of sp³-hybridized carbons (Fsp3) is 0.833. The predicted molar refractivity (Wildman–Crippen MR) is 66.3 cm³/mol. The maximum absolute atomic E-state index is 11.6. The first-order valence-electron chi connectivity index (χ1n) is 6.09. The first kappa shape index (κ1) is 16.1. The molecule has 0 amide bonds. The van der Waals surface area contributed by atoms with Crippen molar-refractivity contribution in [3.63, 3.8) is 0 Å². The Labute approximate surface area is 103 Å². The molecule has 0 aliphatic carbocycles.